The normalized spacial score (nSPS) is 11.4. The zero-order chi connectivity index (χ0) is 13.1. The smallest absolute Gasteiger partial charge is 0.244 e. The lowest BCUT2D eigenvalue weighted by Gasteiger charge is -2.24. The number of benzene rings is 1. The minimum atomic E-state index is -0.591. The second kappa shape index (κ2) is 5.52. The number of nitrogens with one attached hydrogen (secondary N) is 2. The van der Waals surface area contributed by atoms with Crippen LogP contribution >= 0.6 is 11.6 Å². The fourth-order valence-corrected chi connectivity index (χ4v) is 1.66. The number of hydrogen-bond donors (Lipinski definition) is 2. The van der Waals surface area contributed by atoms with Gasteiger partial charge in [0.05, 0.1) is 5.54 Å². The summed E-state index contributed by atoms with van der Waals surface area (Å²) in [5.41, 5.74) is 1.12. The number of rotatable bonds is 4. The third-order valence-electron chi connectivity index (χ3n) is 2.62. The molecule has 2 N–H and O–H groups in total. The van der Waals surface area contributed by atoms with E-state index in [1.165, 1.54) is 0 Å². The van der Waals surface area contributed by atoms with Crippen LogP contribution in [-0.4, -0.2) is 18.0 Å². The maximum atomic E-state index is 12.0. The molecule has 0 aromatic heterocycles. The van der Waals surface area contributed by atoms with Gasteiger partial charge in [-0.1, -0.05) is 24.6 Å². The molecule has 0 saturated heterocycles. The van der Waals surface area contributed by atoms with Crippen LogP contribution in [0.2, 0.25) is 5.02 Å². The van der Waals surface area contributed by atoms with Crippen molar-refractivity contribution < 1.29 is 4.79 Å². The Hall–Kier alpha value is -1.06. The van der Waals surface area contributed by atoms with E-state index in [1.807, 2.05) is 39.8 Å². The van der Waals surface area contributed by atoms with Crippen LogP contribution in [0.25, 0.3) is 0 Å². The molecule has 1 rings (SSSR count). The van der Waals surface area contributed by atoms with Crippen molar-refractivity contribution in [2.24, 2.45) is 0 Å². The summed E-state index contributed by atoms with van der Waals surface area (Å²) in [5, 5.41) is 6.63. The number of hydrogen-bond acceptors (Lipinski definition) is 2. The fraction of sp³-hybridized carbons (Fsp3) is 0.462. The molecule has 0 aliphatic rings. The predicted molar refractivity (Wildman–Crippen MR) is 72.6 cm³/mol. The number of halogens is 1. The first-order valence-corrected chi connectivity index (χ1v) is 6.07. The number of carbonyl (C=O) groups is 1. The topological polar surface area (TPSA) is 41.1 Å². The summed E-state index contributed by atoms with van der Waals surface area (Å²) in [5.74, 6) is -0.0701. The molecule has 94 valence electrons. The molecule has 0 spiro atoms. The van der Waals surface area contributed by atoms with Crippen molar-refractivity contribution in [1.29, 1.82) is 0 Å². The number of carbonyl (C=O) groups excluding carboxylic acids is 1. The molecule has 0 saturated carbocycles. The molecule has 0 aliphatic heterocycles. The third-order valence-corrected chi connectivity index (χ3v) is 3.02. The largest absolute Gasteiger partial charge is 0.324 e. The zero-order valence-corrected chi connectivity index (χ0v) is 11.5. The van der Waals surface area contributed by atoms with Crippen LogP contribution in [0, 0.1) is 6.92 Å². The summed E-state index contributed by atoms with van der Waals surface area (Å²) in [7, 11) is 0. The van der Waals surface area contributed by atoms with E-state index in [0.29, 0.717) is 5.02 Å². The van der Waals surface area contributed by atoms with Crippen LogP contribution < -0.4 is 10.6 Å². The molecule has 17 heavy (non-hydrogen) atoms. The van der Waals surface area contributed by atoms with Gasteiger partial charge in [-0.05, 0) is 45.0 Å². The third kappa shape index (κ3) is 3.72. The Balaban J connectivity index is 2.77. The average Bonchev–Trinajstić information content (AvgIpc) is 2.23. The lowest BCUT2D eigenvalue weighted by Crippen LogP contribution is -2.49. The Bertz CT molecular complexity index is 416. The number of likely N-dealkylation sites (N-methyl/N-ethyl adjacent to an activating group) is 1. The molecule has 0 radical (unpaired) electrons. The Kier molecular flexibility index (Phi) is 4.54. The highest BCUT2D eigenvalue weighted by Crippen LogP contribution is 2.20. The molecular formula is C13H19ClN2O. The Morgan fingerprint density at radius 2 is 2.06 bits per heavy atom. The summed E-state index contributed by atoms with van der Waals surface area (Å²) >= 11 is 6.01. The lowest BCUT2D eigenvalue weighted by molar-refractivity contribution is -0.121. The van der Waals surface area contributed by atoms with Gasteiger partial charge in [-0.25, -0.2) is 0 Å². The van der Waals surface area contributed by atoms with E-state index in [1.54, 1.807) is 6.07 Å². The summed E-state index contributed by atoms with van der Waals surface area (Å²) in [6, 6.07) is 5.50. The predicted octanol–water partition coefficient (Wildman–Crippen LogP) is 2.98. The van der Waals surface area contributed by atoms with Crippen molar-refractivity contribution in [3.05, 3.63) is 28.8 Å². The van der Waals surface area contributed by atoms with Gasteiger partial charge < -0.3 is 10.6 Å². The molecule has 0 atom stereocenters. The molecule has 1 aromatic carbocycles. The highest BCUT2D eigenvalue weighted by atomic mass is 35.5. The molecule has 1 aromatic rings. The molecule has 0 aliphatic carbocycles. The maximum absolute atomic E-state index is 12.0. The number of anilines is 1. The second-order valence-electron chi connectivity index (χ2n) is 4.57. The van der Waals surface area contributed by atoms with Gasteiger partial charge in [0.25, 0.3) is 0 Å². The van der Waals surface area contributed by atoms with Crippen LogP contribution in [0.5, 0.6) is 0 Å². The van der Waals surface area contributed by atoms with Gasteiger partial charge in [-0.2, -0.15) is 0 Å². The molecule has 4 heteroatoms. The van der Waals surface area contributed by atoms with Gasteiger partial charge in [0, 0.05) is 10.7 Å². The average molecular weight is 255 g/mol. The van der Waals surface area contributed by atoms with Gasteiger partial charge >= 0.3 is 0 Å². The van der Waals surface area contributed by atoms with E-state index in [9.17, 15) is 4.79 Å². The molecular weight excluding hydrogens is 236 g/mol. The Labute approximate surface area is 108 Å². The number of amides is 1. The first kappa shape index (κ1) is 14.0. The zero-order valence-electron chi connectivity index (χ0n) is 10.7. The monoisotopic (exact) mass is 254 g/mol. The fourth-order valence-electron chi connectivity index (χ4n) is 1.48. The van der Waals surface area contributed by atoms with E-state index in [2.05, 4.69) is 10.6 Å². The van der Waals surface area contributed by atoms with Gasteiger partial charge in [-0.3, -0.25) is 4.79 Å². The first-order valence-electron chi connectivity index (χ1n) is 5.69. The summed E-state index contributed by atoms with van der Waals surface area (Å²) < 4.78 is 0. The van der Waals surface area contributed by atoms with Gasteiger partial charge in [0.1, 0.15) is 0 Å². The minimum absolute atomic E-state index is 0.0701. The maximum Gasteiger partial charge on any atom is 0.244 e. The van der Waals surface area contributed by atoms with Crippen LogP contribution in [0.1, 0.15) is 26.3 Å². The van der Waals surface area contributed by atoms with Gasteiger partial charge in [-0.15, -0.1) is 0 Å². The summed E-state index contributed by atoms with van der Waals surface area (Å²) in [4.78, 5) is 12.0. The molecule has 1 amide bonds. The van der Waals surface area contributed by atoms with Crippen molar-refractivity contribution >= 4 is 23.2 Å². The van der Waals surface area contributed by atoms with Crippen molar-refractivity contribution in [1.82, 2.24) is 5.32 Å². The lowest BCUT2D eigenvalue weighted by atomic mass is 10.0. The van der Waals surface area contributed by atoms with Crippen LogP contribution in [0.4, 0.5) is 5.69 Å². The highest BCUT2D eigenvalue weighted by molar-refractivity contribution is 6.31. The molecule has 0 heterocycles. The van der Waals surface area contributed by atoms with E-state index in [-0.39, 0.29) is 5.91 Å². The molecule has 0 bridgehead atoms. The SMILES string of the molecule is CCNC(C)(C)C(=O)Nc1ccc(C)c(Cl)c1. The minimum Gasteiger partial charge on any atom is -0.324 e. The Morgan fingerprint density at radius 3 is 2.59 bits per heavy atom. The van der Waals surface area contributed by atoms with E-state index >= 15 is 0 Å². The van der Waals surface area contributed by atoms with E-state index in [4.69, 9.17) is 11.6 Å². The van der Waals surface area contributed by atoms with Gasteiger partial charge in [0.2, 0.25) is 5.91 Å². The second-order valence-corrected chi connectivity index (χ2v) is 4.98. The van der Waals surface area contributed by atoms with Crippen molar-refractivity contribution in [2.45, 2.75) is 33.2 Å². The first-order chi connectivity index (χ1) is 7.86. The van der Waals surface area contributed by atoms with Crippen LogP contribution in [-0.2, 0) is 4.79 Å². The van der Waals surface area contributed by atoms with Crippen molar-refractivity contribution in [3.8, 4) is 0 Å². The van der Waals surface area contributed by atoms with Crippen LogP contribution in [0.3, 0.4) is 0 Å². The standard InChI is InChI=1S/C13H19ClN2O/c1-5-15-13(3,4)12(17)16-10-7-6-9(2)11(14)8-10/h6-8,15H,5H2,1-4H3,(H,16,17). The summed E-state index contributed by atoms with van der Waals surface area (Å²) in [6.07, 6.45) is 0. The Morgan fingerprint density at radius 1 is 1.41 bits per heavy atom. The van der Waals surface area contributed by atoms with E-state index in [0.717, 1.165) is 17.8 Å². The highest BCUT2D eigenvalue weighted by Gasteiger charge is 2.26. The molecule has 3 nitrogen and oxygen atoms in total. The quantitative estimate of drug-likeness (QED) is 0.867. The van der Waals surface area contributed by atoms with E-state index < -0.39 is 5.54 Å². The van der Waals surface area contributed by atoms with Gasteiger partial charge in [0.15, 0.2) is 0 Å². The van der Waals surface area contributed by atoms with Crippen LogP contribution in [0.15, 0.2) is 18.2 Å². The number of aryl methyl sites for hydroxylation is 1. The molecule has 0 unspecified atom stereocenters. The van der Waals surface area contributed by atoms with Crippen molar-refractivity contribution in [3.63, 3.8) is 0 Å². The summed E-state index contributed by atoms with van der Waals surface area (Å²) in [6.45, 7) is 8.34. The van der Waals surface area contributed by atoms with Crippen molar-refractivity contribution in [2.75, 3.05) is 11.9 Å². The molecule has 0 fully saturated rings.